The Morgan fingerprint density at radius 2 is 1.35 bits per heavy atom. The zero-order valence-corrected chi connectivity index (χ0v) is 15.5. The van der Waals surface area contributed by atoms with Crippen LogP contribution in [0.25, 0.3) is 0 Å². The molecule has 4 fully saturated rings. The van der Waals surface area contributed by atoms with Gasteiger partial charge in [-0.05, 0) is 25.7 Å². The first-order valence-electron chi connectivity index (χ1n) is 10.4. The Bertz CT molecular complexity index is 595. The Labute approximate surface area is 154 Å². The van der Waals surface area contributed by atoms with Crippen molar-refractivity contribution in [2.45, 2.75) is 88.3 Å². The monoisotopic (exact) mass is 362 g/mol. The molecule has 2 heterocycles. The second-order valence-electron chi connectivity index (χ2n) is 8.63. The number of aliphatic hydroxyl groups is 1. The number of hydrogen-bond acceptors (Lipinski definition) is 4. The van der Waals surface area contributed by atoms with Crippen molar-refractivity contribution in [3.63, 3.8) is 0 Å². The summed E-state index contributed by atoms with van der Waals surface area (Å²) in [7, 11) is 0. The maximum Gasteiger partial charge on any atom is 0.290 e. The molecule has 2 amide bonds. The van der Waals surface area contributed by atoms with Crippen molar-refractivity contribution >= 4 is 17.6 Å². The van der Waals surface area contributed by atoms with Crippen molar-refractivity contribution in [2.24, 2.45) is 5.92 Å². The van der Waals surface area contributed by atoms with Gasteiger partial charge in [0.2, 0.25) is 5.78 Å². The third kappa shape index (κ3) is 2.86. The van der Waals surface area contributed by atoms with Crippen LogP contribution in [-0.4, -0.2) is 63.3 Å². The number of hydrogen-bond donors (Lipinski definition) is 1. The highest BCUT2D eigenvalue weighted by molar-refractivity contribution is 6.39. The number of ketones is 1. The molecule has 6 heteroatoms. The van der Waals surface area contributed by atoms with E-state index in [0.29, 0.717) is 6.54 Å². The first kappa shape index (κ1) is 18.0. The van der Waals surface area contributed by atoms with E-state index in [0.717, 1.165) is 51.4 Å². The average Bonchev–Trinajstić information content (AvgIpc) is 3.15. The van der Waals surface area contributed by atoms with Gasteiger partial charge < -0.3 is 14.9 Å². The van der Waals surface area contributed by atoms with E-state index >= 15 is 0 Å². The van der Waals surface area contributed by atoms with E-state index in [1.54, 1.807) is 9.80 Å². The summed E-state index contributed by atoms with van der Waals surface area (Å²) in [6.07, 6.45) is 10.8. The van der Waals surface area contributed by atoms with Crippen LogP contribution >= 0.6 is 0 Å². The van der Waals surface area contributed by atoms with Gasteiger partial charge in [-0.15, -0.1) is 0 Å². The van der Waals surface area contributed by atoms with Gasteiger partial charge >= 0.3 is 0 Å². The molecule has 2 aliphatic carbocycles. The van der Waals surface area contributed by atoms with E-state index in [2.05, 4.69) is 0 Å². The maximum absolute atomic E-state index is 13.0. The fourth-order valence-electron chi connectivity index (χ4n) is 5.54. The van der Waals surface area contributed by atoms with Crippen molar-refractivity contribution in [3.05, 3.63) is 0 Å². The summed E-state index contributed by atoms with van der Waals surface area (Å²) in [4.78, 5) is 41.7. The van der Waals surface area contributed by atoms with E-state index in [-0.39, 0.29) is 31.0 Å². The standard InChI is InChI=1S/C20H30N2O4/c23-17-16(13-22(18(17)24)15-9-5-2-6-10-15)20(26)11-12-21(19(20)25)14-7-3-1-4-8-14/h14-16,26H,1-13H2/t16-,20+/m1/s1. The largest absolute Gasteiger partial charge is 0.379 e. The number of likely N-dealkylation sites (tertiary alicyclic amines) is 2. The van der Waals surface area contributed by atoms with Gasteiger partial charge in [0.05, 0.1) is 5.92 Å². The second-order valence-corrected chi connectivity index (χ2v) is 8.63. The van der Waals surface area contributed by atoms with Crippen molar-refractivity contribution in [1.82, 2.24) is 9.80 Å². The minimum Gasteiger partial charge on any atom is -0.379 e. The van der Waals surface area contributed by atoms with Crippen molar-refractivity contribution in [2.75, 3.05) is 13.1 Å². The Morgan fingerprint density at radius 1 is 0.808 bits per heavy atom. The number of Topliss-reactive ketones (excluding diaryl/α,β-unsaturated/α-hetero) is 1. The summed E-state index contributed by atoms with van der Waals surface area (Å²) in [5.74, 6) is -2.25. The minimum absolute atomic E-state index is 0.0970. The highest BCUT2D eigenvalue weighted by atomic mass is 16.3. The van der Waals surface area contributed by atoms with Gasteiger partial charge in [-0.2, -0.15) is 0 Å². The SMILES string of the molecule is O=C1C(=O)N(C2CCCCC2)C[C@H]1[C@@]1(O)CCN(C2CCCCC2)C1=O. The molecule has 26 heavy (non-hydrogen) atoms. The quantitative estimate of drug-likeness (QED) is 0.774. The van der Waals surface area contributed by atoms with Crippen molar-refractivity contribution < 1.29 is 19.5 Å². The predicted octanol–water partition coefficient (Wildman–Crippen LogP) is 1.64. The predicted molar refractivity (Wildman–Crippen MR) is 95.2 cm³/mol. The van der Waals surface area contributed by atoms with Gasteiger partial charge in [0.1, 0.15) is 0 Å². The third-order valence-corrected chi connectivity index (χ3v) is 7.14. The lowest BCUT2D eigenvalue weighted by Crippen LogP contribution is -2.51. The topological polar surface area (TPSA) is 77.9 Å². The van der Waals surface area contributed by atoms with Gasteiger partial charge in [0.25, 0.3) is 11.8 Å². The zero-order valence-electron chi connectivity index (χ0n) is 15.5. The highest BCUT2D eigenvalue weighted by Gasteiger charge is 2.59. The fourth-order valence-corrected chi connectivity index (χ4v) is 5.54. The molecule has 0 unspecified atom stereocenters. The van der Waals surface area contributed by atoms with E-state index in [1.165, 1.54) is 12.8 Å². The van der Waals surface area contributed by atoms with E-state index < -0.39 is 23.2 Å². The molecule has 1 N–H and O–H groups in total. The second kappa shape index (κ2) is 6.95. The number of amides is 2. The molecule has 2 atom stereocenters. The van der Waals surface area contributed by atoms with E-state index in [9.17, 15) is 19.5 Å². The van der Waals surface area contributed by atoms with Crippen LogP contribution in [0, 0.1) is 5.92 Å². The molecule has 2 aliphatic heterocycles. The molecule has 0 radical (unpaired) electrons. The Hall–Kier alpha value is -1.43. The Kier molecular flexibility index (Phi) is 4.80. The maximum atomic E-state index is 13.0. The molecule has 0 aromatic rings. The summed E-state index contributed by atoms with van der Waals surface area (Å²) >= 11 is 0. The molecule has 144 valence electrons. The van der Waals surface area contributed by atoms with Crippen LogP contribution in [0.2, 0.25) is 0 Å². The first-order valence-corrected chi connectivity index (χ1v) is 10.4. The number of carbonyl (C=O) groups excluding carboxylic acids is 3. The van der Waals surface area contributed by atoms with Gasteiger partial charge in [-0.3, -0.25) is 14.4 Å². The minimum atomic E-state index is -1.69. The summed E-state index contributed by atoms with van der Waals surface area (Å²) < 4.78 is 0. The number of rotatable bonds is 3. The molecule has 6 nitrogen and oxygen atoms in total. The van der Waals surface area contributed by atoms with Crippen LogP contribution in [0.1, 0.15) is 70.6 Å². The lowest BCUT2D eigenvalue weighted by molar-refractivity contribution is -0.154. The third-order valence-electron chi connectivity index (χ3n) is 7.14. The molecule has 2 saturated heterocycles. The number of nitrogens with zero attached hydrogens (tertiary/aromatic N) is 2. The van der Waals surface area contributed by atoms with Gasteiger partial charge in [-0.25, -0.2) is 0 Å². The molecule has 0 aromatic carbocycles. The average molecular weight is 362 g/mol. The van der Waals surface area contributed by atoms with Gasteiger partial charge in [0, 0.05) is 31.6 Å². The van der Waals surface area contributed by atoms with Gasteiger partial charge in [-0.1, -0.05) is 38.5 Å². The molecule has 4 aliphatic rings. The van der Waals surface area contributed by atoms with E-state index in [1.807, 2.05) is 0 Å². The first-order chi connectivity index (χ1) is 12.5. The normalized spacial score (nSPS) is 35.0. The van der Waals surface area contributed by atoms with Crippen molar-refractivity contribution in [1.29, 1.82) is 0 Å². The lowest BCUT2D eigenvalue weighted by Gasteiger charge is -2.34. The Morgan fingerprint density at radius 3 is 1.92 bits per heavy atom. The van der Waals surface area contributed by atoms with Crippen LogP contribution in [0.5, 0.6) is 0 Å². The number of carbonyl (C=O) groups is 3. The molecular formula is C20H30N2O4. The zero-order chi connectivity index (χ0) is 18.3. The Balaban J connectivity index is 1.50. The van der Waals surface area contributed by atoms with Crippen LogP contribution in [-0.2, 0) is 14.4 Å². The summed E-state index contributed by atoms with van der Waals surface area (Å²) in [6, 6.07) is 0.284. The molecule has 2 saturated carbocycles. The smallest absolute Gasteiger partial charge is 0.290 e. The van der Waals surface area contributed by atoms with Crippen LogP contribution in [0.3, 0.4) is 0 Å². The van der Waals surface area contributed by atoms with Crippen LogP contribution in [0.15, 0.2) is 0 Å². The molecule has 0 bridgehead atoms. The van der Waals surface area contributed by atoms with Crippen LogP contribution < -0.4 is 0 Å². The fraction of sp³-hybridized carbons (Fsp3) is 0.850. The lowest BCUT2D eigenvalue weighted by atomic mass is 9.84. The molecule has 0 aromatic heterocycles. The molecular weight excluding hydrogens is 332 g/mol. The molecule has 4 rings (SSSR count). The van der Waals surface area contributed by atoms with Crippen LogP contribution in [0.4, 0.5) is 0 Å². The molecule has 0 spiro atoms. The highest BCUT2D eigenvalue weighted by Crippen LogP contribution is 2.39. The summed E-state index contributed by atoms with van der Waals surface area (Å²) in [5.41, 5.74) is -1.69. The van der Waals surface area contributed by atoms with Crippen molar-refractivity contribution in [3.8, 4) is 0 Å². The summed E-state index contributed by atoms with van der Waals surface area (Å²) in [5, 5.41) is 11.2. The van der Waals surface area contributed by atoms with Gasteiger partial charge in [0.15, 0.2) is 5.60 Å². The summed E-state index contributed by atoms with van der Waals surface area (Å²) in [6.45, 7) is 0.713. The van der Waals surface area contributed by atoms with E-state index in [4.69, 9.17) is 0 Å².